The number of ether oxygens (including phenoxy) is 1. The molecule has 2 N–H and O–H groups in total. The Labute approximate surface area is 171 Å². The summed E-state index contributed by atoms with van der Waals surface area (Å²) in [6.07, 6.45) is 0. The van der Waals surface area contributed by atoms with E-state index in [0.717, 1.165) is 0 Å². The Kier molecular flexibility index (Phi) is 5.17. The zero-order valence-corrected chi connectivity index (χ0v) is 17.2. The van der Waals surface area contributed by atoms with Gasteiger partial charge in [0, 0.05) is 6.04 Å². The number of carbonyl (C=O) groups is 1. The molecule has 2 aromatic carbocycles. The number of aromatic amines is 1. The molecule has 4 rings (SSSR count). The molecule has 2 aromatic heterocycles. The molecule has 0 aliphatic carbocycles. The van der Waals surface area contributed by atoms with Crippen molar-refractivity contribution in [2.75, 3.05) is 7.11 Å². The average Bonchev–Trinajstić information content (AvgIpc) is 3.07. The van der Waals surface area contributed by atoms with E-state index in [1.165, 1.54) is 34.8 Å². The third-order valence-corrected chi connectivity index (χ3v) is 6.25. The summed E-state index contributed by atoms with van der Waals surface area (Å²) in [5.41, 5.74) is 1.55. The number of thiophene rings is 1. The second kappa shape index (κ2) is 7.77. The summed E-state index contributed by atoms with van der Waals surface area (Å²) < 4.78 is 4.80. The van der Waals surface area contributed by atoms with E-state index in [4.69, 9.17) is 4.74 Å². The molecule has 29 heavy (non-hydrogen) atoms. The number of aromatic nitrogens is 2. The number of esters is 1. The molecule has 0 aliphatic rings. The third kappa shape index (κ3) is 3.54. The molecular weight excluding hydrogens is 386 g/mol. The zero-order valence-electron chi connectivity index (χ0n) is 16.4. The number of carbonyl (C=O) groups excluding carboxylic acids is 1. The quantitative estimate of drug-likeness (QED) is 0.487. The Morgan fingerprint density at radius 2 is 2.00 bits per heavy atom. The van der Waals surface area contributed by atoms with Gasteiger partial charge in [0.05, 0.1) is 19.0 Å². The lowest BCUT2D eigenvalue weighted by atomic mass is 10.00. The maximum absolute atomic E-state index is 12.6. The number of H-pyrrole nitrogens is 1. The Hall–Kier alpha value is -3.03. The topological polar surface area (TPSA) is 84.1 Å². The number of nitrogens with zero attached hydrogens (tertiary/aromatic N) is 1. The first kappa shape index (κ1) is 19.3. The summed E-state index contributed by atoms with van der Waals surface area (Å²) in [6, 6.07) is 14.6. The van der Waals surface area contributed by atoms with Crippen LogP contribution in [-0.4, -0.2) is 23.0 Å². The molecule has 0 saturated heterocycles. The predicted octanol–water partition coefficient (Wildman–Crippen LogP) is 4.08. The van der Waals surface area contributed by atoms with E-state index in [1.54, 1.807) is 6.92 Å². The van der Waals surface area contributed by atoms with Crippen molar-refractivity contribution < 1.29 is 9.53 Å². The molecule has 148 valence electrons. The fraction of sp³-hybridized carbons (Fsp3) is 0.227. The molecule has 6 nitrogen and oxygen atoms in total. The lowest BCUT2D eigenvalue weighted by Gasteiger charge is -2.16. The number of benzene rings is 2. The number of fused-ring (bicyclic) bond motifs is 2. The second-order valence-corrected chi connectivity index (χ2v) is 7.91. The van der Waals surface area contributed by atoms with E-state index in [9.17, 15) is 9.59 Å². The van der Waals surface area contributed by atoms with Crippen molar-refractivity contribution in [3.8, 4) is 0 Å². The van der Waals surface area contributed by atoms with E-state index < -0.39 is 5.97 Å². The van der Waals surface area contributed by atoms with E-state index in [0.29, 0.717) is 33.0 Å². The van der Waals surface area contributed by atoms with Crippen molar-refractivity contribution in [1.29, 1.82) is 0 Å². The van der Waals surface area contributed by atoms with Crippen molar-refractivity contribution in [2.45, 2.75) is 26.4 Å². The monoisotopic (exact) mass is 407 g/mol. The molecule has 0 saturated carbocycles. The zero-order chi connectivity index (χ0) is 20.5. The molecular formula is C22H21N3O3S. The van der Waals surface area contributed by atoms with Crippen LogP contribution in [-0.2, 0) is 11.3 Å². The molecule has 7 heteroatoms. The molecule has 0 unspecified atom stereocenters. The summed E-state index contributed by atoms with van der Waals surface area (Å²) in [5.74, 6) is 0.0846. The van der Waals surface area contributed by atoms with E-state index in [1.807, 2.05) is 18.2 Å². The number of rotatable bonds is 5. The van der Waals surface area contributed by atoms with Crippen LogP contribution in [0.15, 0.2) is 47.3 Å². The van der Waals surface area contributed by atoms with E-state index in [-0.39, 0.29) is 11.6 Å². The van der Waals surface area contributed by atoms with Gasteiger partial charge in [0.25, 0.3) is 5.56 Å². The lowest BCUT2D eigenvalue weighted by molar-refractivity contribution is 0.0605. The maximum atomic E-state index is 12.6. The minimum Gasteiger partial charge on any atom is -0.465 e. The molecule has 0 fully saturated rings. The molecule has 0 aliphatic heterocycles. The average molecular weight is 407 g/mol. The Balaban J connectivity index is 1.61. The van der Waals surface area contributed by atoms with Crippen LogP contribution < -0.4 is 10.9 Å². The molecule has 2 heterocycles. The van der Waals surface area contributed by atoms with Crippen LogP contribution in [0.25, 0.3) is 21.0 Å². The first-order valence-electron chi connectivity index (χ1n) is 9.31. The summed E-state index contributed by atoms with van der Waals surface area (Å²) >= 11 is 1.18. The Morgan fingerprint density at radius 3 is 2.79 bits per heavy atom. The molecule has 1 atom stereocenters. The minimum atomic E-state index is -0.450. The SMILES string of the molecule is COC(=O)c1sc2nc(CN[C@H](C)c3cccc4ccccc34)[nH]c(=O)c2c1C. The Morgan fingerprint density at radius 1 is 1.24 bits per heavy atom. The minimum absolute atomic E-state index is 0.0674. The number of aryl methyl sites for hydroxylation is 1. The highest BCUT2D eigenvalue weighted by atomic mass is 32.1. The van der Waals surface area contributed by atoms with Crippen molar-refractivity contribution in [2.24, 2.45) is 0 Å². The molecule has 4 aromatic rings. The van der Waals surface area contributed by atoms with Crippen molar-refractivity contribution in [1.82, 2.24) is 15.3 Å². The van der Waals surface area contributed by atoms with Gasteiger partial charge in [-0.3, -0.25) is 4.79 Å². The van der Waals surface area contributed by atoms with Gasteiger partial charge in [-0.25, -0.2) is 9.78 Å². The number of hydrogen-bond acceptors (Lipinski definition) is 6. The fourth-order valence-corrected chi connectivity index (χ4v) is 4.67. The van der Waals surface area contributed by atoms with Gasteiger partial charge in [0.1, 0.15) is 15.5 Å². The summed E-state index contributed by atoms with van der Waals surface area (Å²) in [7, 11) is 1.33. The lowest BCUT2D eigenvalue weighted by Crippen LogP contribution is -2.22. The van der Waals surface area contributed by atoms with Crippen LogP contribution in [0.5, 0.6) is 0 Å². The molecule has 0 amide bonds. The first-order chi connectivity index (χ1) is 14.0. The second-order valence-electron chi connectivity index (χ2n) is 6.91. The van der Waals surface area contributed by atoms with Gasteiger partial charge in [-0.05, 0) is 35.7 Å². The first-order valence-corrected chi connectivity index (χ1v) is 10.1. The fourth-order valence-electron chi connectivity index (χ4n) is 3.55. The van der Waals surface area contributed by atoms with Crippen LogP contribution in [0, 0.1) is 6.92 Å². The van der Waals surface area contributed by atoms with Crippen LogP contribution in [0.2, 0.25) is 0 Å². The molecule has 0 radical (unpaired) electrons. The van der Waals surface area contributed by atoms with Gasteiger partial charge in [-0.1, -0.05) is 42.5 Å². The van der Waals surface area contributed by atoms with Gasteiger partial charge in [0.2, 0.25) is 0 Å². The number of hydrogen-bond donors (Lipinski definition) is 2. The maximum Gasteiger partial charge on any atom is 0.348 e. The Bertz CT molecular complexity index is 1270. The van der Waals surface area contributed by atoms with Crippen molar-refractivity contribution in [3.63, 3.8) is 0 Å². The summed E-state index contributed by atoms with van der Waals surface area (Å²) in [6.45, 7) is 4.23. The van der Waals surface area contributed by atoms with Crippen LogP contribution in [0.1, 0.15) is 39.6 Å². The normalized spacial score (nSPS) is 12.4. The number of nitrogens with one attached hydrogen (secondary N) is 2. The van der Waals surface area contributed by atoms with Gasteiger partial charge in [-0.2, -0.15) is 0 Å². The van der Waals surface area contributed by atoms with Crippen LogP contribution in [0.3, 0.4) is 0 Å². The standard InChI is InChI=1S/C22H21N3O3S/c1-12-18-20(26)24-17(25-21(18)29-19(12)22(27)28-3)11-23-13(2)15-10-6-8-14-7-4-5-9-16(14)15/h4-10,13,23H,11H2,1-3H3,(H,24,25,26)/t13-/m1/s1. The summed E-state index contributed by atoms with van der Waals surface area (Å²) in [4.78, 5) is 32.8. The van der Waals surface area contributed by atoms with Gasteiger partial charge < -0.3 is 15.0 Å². The highest BCUT2D eigenvalue weighted by Crippen LogP contribution is 2.28. The van der Waals surface area contributed by atoms with Gasteiger partial charge in [0.15, 0.2) is 0 Å². The largest absolute Gasteiger partial charge is 0.465 e. The third-order valence-electron chi connectivity index (χ3n) is 5.09. The van der Waals surface area contributed by atoms with E-state index in [2.05, 4.69) is 46.5 Å². The number of methoxy groups -OCH3 is 1. The smallest absolute Gasteiger partial charge is 0.348 e. The van der Waals surface area contributed by atoms with Gasteiger partial charge >= 0.3 is 5.97 Å². The van der Waals surface area contributed by atoms with E-state index >= 15 is 0 Å². The molecule has 0 bridgehead atoms. The highest BCUT2D eigenvalue weighted by Gasteiger charge is 2.20. The predicted molar refractivity (Wildman–Crippen MR) is 116 cm³/mol. The van der Waals surface area contributed by atoms with Crippen LogP contribution in [0.4, 0.5) is 0 Å². The van der Waals surface area contributed by atoms with Crippen molar-refractivity contribution in [3.05, 3.63) is 74.6 Å². The summed E-state index contributed by atoms with van der Waals surface area (Å²) in [5, 5.41) is 6.27. The molecule has 0 spiro atoms. The van der Waals surface area contributed by atoms with Gasteiger partial charge in [-0.15, -0.1) is 11.3 Å². The van der Waals surface area contributed by atoms with Crippen LogP contribution >= 0.6 is 11.3 Å². The van der Waals surface area contributed by atoms with Crippen molar-refractivity contribution >= 4 is 38.3 Å². The highest BCUT2D eigenvalue weighted by molar-refractivity contribution is 7.20.